The molecule has 3 saturated heterocycles. The summed E-state index contributed by atoms with van der Waals surface area (Å²) < 4.78 is 33.0. The SMILES string of the molecule is COc1cc(-c2ccc(C(=O)N3CCC(CN4CCN(CC5CCN(C(=O)c6ccc(-c7cc(OC)c(OC)c(OC)c7)cc6)CC5)CC4)CC3)cc2)cc(OC)c1OC. The van der Waals surface area contributed by atoms with Gasteiger partial charge in [-0.1, -0.05) is 24.3 Å². The van der Waals surface area contributed by atoms with E-state index in [1.807, 2.05) is 82.6 Å². The minimum Gasteiger partial charge on any atom is -0.493 e. The number of carbonyl (C=O) groups excluding carboxylic acids is 2. The minimum absolute atomic E-state index is 0.0939. The van der Waals surface area contributed by atoms with Crippen molar-refractivity contribution < 1.29 is 38.0 Å². The lowest BCUT2D eigenvalue weighted by molar-refractivity contribution is 0.0565. The molecular weight excluding hydrogens is 761 g/mol. The van der Waals surface area contributed by atoms with E-state index in [4.69, 9.17) is 28.4 Å². The van der Waals surface area contributed by atoms with Crippen LogP contribution in [0.4, 0.5) is 0 Å². The molecule has 0 unspecified atom stereocenters. The molecule has 0 atom stereocenters. The van der Waals surface area contributed by atoms with Gasteiger partial charge in [0.05, 0.1) is 42.7 Å². The lowest BCUT2D eigenvalue weighted by atomic mass is 9.94. The van der Waals surface area contributed by atoms with Gasteiger partial charge in [0.15, 0.2) is 23.0 Å². The number of piperazine rings is 1. The summed E-state index contributed by atoms with van der Waals surface area (Å²) in [6, 6.07) is 23.2. The first-order valence-electron chi connectivity index (χ1n) is 21.1. The van der Waals surface area contributed by atoms with E-state index in [2.05, 4.69) is 9.80 Å². The summed E-state index contributed by atoms with van der Waals surface area (Å²) in [5, 5.41) is 0. The number of hydrogen-bond acceptors (Lipinski definition) is 10. The molecule has 7 rings (SSSR count). The molecule has 0 N–H and O–H groups in total. The number of piperidine rings is 2. The first-order valence-corrected chi connectivity index (χ1v) is 21.1. The predicted molar refractivity (Wildman–Crippen MR) is 233 cm³/mol. The molecular formula is C48H60N4O8. The second-order valence-corrected chi connectivity index (χ2v) is 16.1. The minimum atomic E-state index is 0.0939. The second-order valence-electron chi connectivity index (χ2n) is 16.1. The number of carbonyl (C=O) groups is 2. The van der Waals surface area contributed by atoms with Crippen LogP contribution in [-0.2, 0) is 0 Å². The maximum absolute atomic E-state index is 13.5. The average Bonchev–Trinajstić information content (AvgIpc) is 3.31. The van der Waals surface area contributed by atoms with Crippen molar-refractivity contribution in [1.29, 1.82) is 0 Å². The number of rotatable bonds is 14. The first kappa shape index (κ1) is 42.7. The lowest BCUT2D eigenvalue weighted by Crippen LogP contribution is -2.50. The van der Waals surface area contributed by atoms with Gasteiger partial charge < -0.3 is 48.0 Å². The first-order chi connectivity index (χ1) is 29.2. The fraction of sp³-hybridized carbons (Fsp3) is 0.458. The topological polar surface area (TPSA) is 102 Å². The molecule has 320 valence electrons. The summed E-state index contributed by atoms with van der Waals surface area (Å²) in [5.74, 6) is 4.88. The van der Waals surface area contributed by atoms with Crippen molar-refractivity contribution >= 4 is 11.8 Å². The van der Waals surface area contributed by atoms with E-state index in [1.165, 1.54) is 0 Å². The van der Waals surface area contributed by atoms with Gasteiger partial charge in [0.25, 0.3) is 11.8 Å². The molecule has 0 saturated carbocycles. The molecule has 0 radical (unpaired) electrons. The molecule has 3 aliphatic heterocycles. The van der Waals surface area contributed by atoms with Crippen LogP contribution in [0.25, 0.3) is 22.3 Å². The Morgan fingerprint density at radius 3 is 1.00 bits per heavy atom. The number of ether oxygens (including phenoxy) is 6. The van der Waals surface area contributed by atoms with Crippen LogP contribution < -0.4 is 28.4 Å². The van der Waals surface area contributed by atoms with E-state index >= 15 is 0 Å². The maximum atomic E-state index is 13.5. The Labute approximate surface area is 354 Å². The summed E-state index contributed by atoms with van der Waals surface area (Å²) in [5.41, 5.74) is 5.20. The van der Waals surface area contributed by atoms with Gasteiger partial charge in [-0.15, -0.1) is 0 Å². The third-order valence-corrected chi connectivity index (χ3v) is 12.6. The number of likely N-dealkylation sites (tertiary alicyclic amines) is 2. The van der Waals surface area contributed by atoms with Crippen LogP contribution >= 0.6 is 0 Å². The largest absolute Gasteiger partial charge is 0.493 e. The lowest BCUT2D eigenvalue weighted by Gasteiger charge is -2.41. The Balaban J connectivity index is 0.812. The van der Waals surface area contributed by atoms with E-state index in [9.17, 15) is 9.59 Å². The molecule has 2 amide bonds. The van der Waals surface area contributed by atoms with Gasteiger partial charge in [-0.05, 0) is 108 Å². The van der Waals surface area contributed by atoms with Crippen LogP contribution in [-0.4, -0.2) is 140 Å². The van der Waals surface area contributed by atoms with Gasteiger partial charge in [0.1, 0.15) is 0 Å². The number of amides is 2. The van der Waals surface area contributed by atoms with Crippen molar-refractivity contribution in [2.75, 3.05) is 108 Å². The van der Waals surface area contributed by atoms with E-state index in [0.717, 1.165) is 113 Å². The molecule has 3 fully saturated rings. The van der Waals surface area contributed by atoms with E-state index in [-0.39, 0.29) is 11.8 Å². The van der Waals surface area contributed by atoms with Gasteiger partial charge in [-0.2, -0.15) is 0 Å². The quantitative estimate of drug-likeness (QED) is 0.131. The van der Waals surface area contributed by atoms with Crippen LogP contribution in [0.5, 0.6) is 34.5 Å². The van der Waals surface area contributed by atoms with E-state index in [1.54, 1.807) is 42.7 Å². The summed E-state index contributed by atoms with van der Waals surface area (Å²) in [4.78, 5) is 36.2. The third kappa shape index (κ3) is 9.61. The predicted octanol–water partition coefficient (Wildman–Crippen LogP) is 7.09. The normalized spacial score (nSPS) is 17.0. The third-order valence-electron chi connectivity index (χ3n) is 12.6. The number of nitrogens with zero attached hydrogens (tertiary/aromatic N) is 4. The molecule has 60 heavy (non-hydrogen) atoms. The zero-order chi connectivity index (χ0) is 42.2. The molecule has 4 aromatic rings. The Kier molecular flexibility index (Phi) is 14.0. The van der Waals surface area contributed by atoms with Crippen molar-refractivity contribution in [1.82, 2.24) is 19.6 Å². The Morgan fingerprint density at radius 2 is 0.733 bits per heavy atom. The molecule has 12 nitrogen and oxygen atoms in total. The number of methoxy groups -OCH3 is 6. The highest BCUT2D eigenvalue weighted by atomic mass is 16.5. The fourth-order valence-corrected chi connectivity index (χ4v) is 8.99. The molecule has 4 aromatic carbocycles. The van der Waals surface area contributed by atoms with Crippen LogP contribution in [0.3, 0.4) is 0 Å². The van der Waals surface area contributed by atoms with Gasteiger partial charge in [-0.3, -0.25) is 9.59 Å². The van der Waals surface area contributed by atoms with Crippen molar-refractivity contribution in [3.8, 4) is 56.8 Å². The average molecular weight is 821 g/mol. The Bertz CT molecular complexity index is 1870. The summed E-state index contributed by atoms with van der Waals surface area (Å²) >= 11 is 0. The van der Waals surface area contributed by atoms with Crippen molar-refractivity contribution in [3.63, 3.8) is 0 Å². The molecule has 0 aliphatic carbocycles. The van der Waals surface area contributed by atoms with E-state index < -0.39 is 0 Å². The molecule has 3 heterocycles. The molecule has 0 aromatic heterocycles. The number of hydrogen-bond donors (Lipinski definition) is 0. The molecule has 3 aliphatic rings. The second kappa shape index (κ2) is 19.7. The van der Waals surface area contributed by atoms with Crippen LogP contribution in [0.1, 0.15) is 46.4 Å². The summed E-state index contributed by atoms with van der Waals surface area (Å²) in [6.45, 7) is 9.70. The van der Waals surface area contributed by atoms with Gasteiger partial charge >= 0.3 is 0 Å². The monoisotopic (exact) mass is 820 g/mol. The van der Waals surface area contributed by atoms with Crippen LogP contribution in [0.15, 0.2) is 72.8 Å². The highest BCUT2D eigenvalue weighted by Crippen LogP contribution is 2.42. The molecule has 0 spiro atoms. The fourth-order valence-electron chi connectivity index (χ4n) is 8.99. The molecule has 12 heteroatoms. The zero-order valence-corrected chi connectivity index (χ0v) is 36.0. The Morgan fingerprint density at radius 1 is 0.433 bits per heavy atom. The van der Waals surface area contributed by atoms with Gasteiger partial charge in [0, 0.05) is 76.6 Å². The zero-order valence-electron chi connectivity index (χ0n) is 36.0. The summed E-state index contributed by atoms with van der Waals surface area (Å²) in [7, 11) is 9.61. The van der Waals surface area contributed by atoms with Crippen molar-refractivity contribution in [2.45, 2.75) is 25.7 Å². The van der Waals surface area contributed by atoms with E-state index in [0.29, 0.717) is 57.5 Å². The standard InChI is InChI=1S/C48H60N4O8/c1-55-41-27-39(28-42(56-2)45(41)59-5)35-7-11-37(12-8-35)47(53)51-19-15-33(16-20-51)31-49-23-25-50(26-24-49)32-34-17-21-52(22-18-34)48(54)38-13-9-36(10-14-38)40-29-43(57-3)46(60-6)44(30-40)58-4/h7-14,27-30,33-34H,15-26,31-32H2,1-6H3. The van der Waals surface area contributed by atoms with Crippen LogP contribution in [0.2, 0.25) is 0 Å². The number of benzene rings is 4. The van der Waals surface area contributed by atoms with Gasteiger partial charge in [-0.25, -0.2) is 0 Å². The highest BCUT2D eigenvalue weighted by Gasteiger charge is 2.29. The summed E-state index contributed by atoms with van der Waals surface area (Å²) in [6.07, 6.45) is 4.13. The van der Waals surface area contributed by atoms with Crippen molar-refractivity contribution in [3.05, 3.63) is 83.9 Å². The maximum Gasteiger partial charge on any atom is 0.253 e. The smallest absolute Gasteiger partial charge is 0.253 e. The highest BCUT2D eigenvalue weighted by molar-refractivity contribution is 5.95. The Hall–Kier alpha value is -5.46. The van der Waals surface area contributed by atoms with Crippen molar-refractivity contribution in [2.24, 2.45) is 11.8 Å². The molecule has 0 bridgehead atoms. The van der Waals surface area contributed by atoms with Gasteiger partial charge in [0.2, 0.25) is 11.5 Å². The van der Waals surface area contributed by atoms with Crippen LogP contribution in [0, 0.1) is 11.8 Å².